The molecule has 0 aromatic rings. The minimum Gasteiger partial charge on any atom is -0.370 e. The third-order valence-electron chi connectivity index (χ3n) is 3.99. The maximum atomic E-state index is 6.08. The van der Waals surface area contributed by atoms with E-state index in [9.17, 15) is 0 Å². The van der Waals surface area contributed by atoms with Crippen molar-refractivity contribution in [2.45, 2.75) is 59.0 Å². The number of hydrogen-bond acceptors (Lipinski definition) is 2. The van der Waals surface area contributed by atoms with E-state index in [-0.39, 0.29) is 0 Å². The first-order chi connectivity index (χ1) is 8.99. The van der Waals surface area contributed by atoms with Crippen molar-refractivity contribution in [1.82, 2.24) is 9.80 Å². The minimum absolute atomic E-state index is 0.515. The molecule has 0 bridgehead atoms. The van der Waals surface area contributed by atoms with Gasteiger partial charge in [-0.05, 0) is 38.3 Å². The van der Waals surface area contributed by atoms with E-state index in [1.54, 1.807) is 0 Å². The predicted octanol–water partition coefficient (Wildman–Crippen LogP) is 2.15. The Morgan fingerprint density at radius 3 is 2.26 bits per heavy atom. The Hall–Kier alpha value is -0.770. The minimum atomic E-state index is 0.515. The van der Waals surface area contributed by atoms with Crippen LogP contribution < -0.4 is 5.73 Å². The molecule has 2 N–H and O–H groups in total. The van der Waals surface area contributed by atoms with Crippen molar-refractivity contribution in [3.63, 3.8) is 0 Å². The van der Waals surface area contributed by atoms with E-state index in [2.05, 4.69) is 49.5 Å². The topological polar surface area (TPSA) is 44.9 Å². The van der Waals surface area contributed by atoms with Crippen molar-refractivity contribution in [2.75, 3.05) is 26.7 Å². The molecule has 1 atom stereocenters. The summed E-state index contributed by atoms with van der Waals surface area (Å²) in [6, 6.07) is 1.15. The molecular weight excluding hydrogens is 236 g/mol. The molecule has 0 saturated heterocycles. The van der Waals surface area contributed by atoms with Crippen molar-refractivity contribution >= 4 is 5.96 Å². The van der Waals surface area contributed by atoms with Crippen LogP contribution in [0.1, 0.15) is 47.0 Å². The maximum absolute atomic E-state index is 6.08. The molecule has 0 radical (unpaired) electrons. The van der Waals surface area contributed by atoms with Gasteiger partial charge in [0.1, 0.15) is 0 Å². The van der Waals surface area contributed by atoms with Gasteiger partial charge >= 0.3 is 0 Å². The molecule has 1 rings (SSSR count). The Morgan fingerprint density at radius 2 is 1.84 bits per heavy atom. The van der Waals surface area contributed by atoms with Crippen LogP contribution in [0.5, 0.6) is 0 Å². The van der Waals surface area contributed by atoms with Crippen molar-refractivity contribution in [2.24, 2.45) is 16.6 Å². The Kier molecular flexibility index (Phi) is 6.63. The molecule has 0 aromatic heterocycles. The van der Waals surface area contributed by atoms with Crippen molar-refractivity contribution < 1.29 is 0 Å². The molecule has 112 valence electrons. The van der Waals surface area contributed by atoms with Crippen LogP contribution in [0.3, 0.4) is 0 Å². The fourth-order valence-electron chi connectivity index (χ4n) is 2.58. The van der Waals surface area contributed by atoms with Crippen molar-refractivity contribution in [1.29, 1.82) is 0 Å². The zero-order valence-electron chi connectivity index (χ0n) is 13.4. The van der Waals surface area contributed by atoms with Gasteiger partial charge < -0.3 is 10.6 Å². The monoisotopic (exact) mass is 268 g/mol. The number of aliphatic imine (C=N–C) groups is 1. The fourth-order valence-corrected chi connectivity index (χ4v) is 2.58. The summed E-state index contributed by atoms with van der Waals surface area (Å²) in [5, 5.41) is 0. The summed E-state index contributed by atoms with van der Waals surface area (Å²) < 4.78 is 0. The average molecular weight is 268 g/mol. The van der Waals surface area contributed by atoms with Crippen LogP contribution >= 0.6 is 0 Å². The molecule has 0 aliphatic heterocycles. The molecule has 1 fully saturated rings. The second-order valence-electron chi connectivity index (χ2n) is 6.05. The summed E-state index contributed by atoms with van der Waals surface area (Å²) in [5.41, 5.74) is 6.08. The Balaban J connectivity index is 2.57. The van der Waals surface area contributed by atoms with E-state index in [0.717, 1.165) is 19.6 Å². The number of hydrogen-bond donors (Lipinski definition) is 1. The third kappa shape index (κ3) is 5.39. The molecule has 0 heterocycles. The van der Waals surface area contributed by atoms with Crippen LogP contribution in [-0.4, -0.2) is 54.5 Å². The lowest BCUT2D eigenvalue weighted by Gasteiger charge is -2.30. The van der Waals surface area contributed by atoms with Gasteiger partial charge in [0.25, 0.3) is 0 Å². The molecule has 4 heteroatoms. The molecule has 1 saturated carbocycles. The lowest BCUT2D eigenvalue weighted by molar-refractivity contribution is 0.196. The van der Waals surface area contributed by atoms with E-state index < -0.39 is 0 Å². The lowest BCUT2D eigenvalue weighted by Crippen LogP contribution is -2.40. The number of nitrogens with two attached hydrogens (primary N) is 1. The van der Waals surface area contributed by atoms with Gasteiger partial charge in [0, 0.05) is 19.1 Å². The van der Waals surface area contributed by atoms with Gasteiger partial charge in [0.2, 0.25) is 0 Å². The molecule has 0 spiro atoms. The van der Waals surface area contributed by atoms with Gasteiger partial charge in [0.15, 0.2) is 5.96 Å². The summed E-state index contributed by atoms with van der Waals surface area (Å²) >= 11 is 0. The quantitative estimate of drug-likeness (QED) is 0.542. The molecule has 0 amide bonds. The number of rotatable bonds is 8. The standard InChI is InChI=1S/C15H32N4/c1-6-19(7-2)14(10-12(3)4)11-17-15(16)18(5)13-8-9-13/h12-14H,6-11H2,1-5H3,(H2,16,17). The van der Waals surface area contributed by atoms with Crippen LogP contribution in [0.15, 0.2) is 4.99 Å². The maximum Gasteiger partial charge on any atom is 0.191 e. The molecule has 0 aromatic carbocycles. The lowest BCUT2D eigenvalue weighted by atomic mass is 10.0. The summed E-state index contributed by atoms with van der Waals surface area (Å²) in [4.78, 5) is 9.26. The second-order valence-corrected chi connectivity index (χ2v) is 6.05. The van der Waals surface area contributed by atoms with Gasteiger partial charge in [0.05, 0.1) is 6.54 Å². The number of likely N-dealkylation sites (N-methyl/N-ethyl adjacent to an activating group) is 1. The van der Waals surface area contributed by atoms with Gasteiger partial charge in [-0.3, -0.25) is 9.89 Å². The summed E-state index contributed by atoms with van der Waals surface area (Å²) in [6.07, 6.45) is 3.71. The van der Waals surface area contributed by atoms with Crippen LogP contribution in [0.25, 0.3) is 0 Å². The summed E-state index contributed by atoms with van der Waals surface area (Å²) in [5.74, 6) is 1.41. The number of nitrogens with zero attached hydrogens (tertiary/aromatic N) is 3. The van der Waals surface area contributed by atoms with Crippen LogP contribution in [-0.2, 0) is 0 Å². The fraction of sp³-hybridized carbons (Fsp3) is 0.933. The van der Waals surface area contributed by atoms with Crippen LogP contribution in [0.2, 0.25) is 0 Å². The van der Waals surface area contributed by atoms with Gasteiger partial charge in [-0.15, -0.1) is 0 Å². The van der Waals surface area contributed by atoms with Crippen LogP contribution in [0, 0.1) is 5.92 Å². The largest absolute Gasteiger partial charge is 0.370 e. The number of guanidine groups is 1. The molecular formula is C15H32N4. The molecule has 1 aliphatic rings. The van der Waals surface area contributed by atoms with Crippen molar-refractivity contribution in [3.05, 3.63) is 0 Å². The van der Waals surface area contributed by atoms with E-state index >= 15 is 0 Å². The average Bonchev–Trinajstić information content (AvgIpc) is 3.19. The molecule has 19 heavy (non-hydrogen) atoms. The van der Waals surface area contributed by atoms with E-state index in [4.69, 9.17) is 5.73 Å². The smallest absolute Gasteiger partial charge is 0.191 e. The molecule has 4 nitrogen and oxygen atoms in total. The third-order valence-corrected chi connectivity index (χ3v) is 3.99. The Bertz CT molecular complexity index is 280. The molecule has 1 aliphatic carbocycles. The zero-order chi connectivity index (χ0) is 14.4. The highest BCUT2D eigenvalue weighted by molar-refractivity contribution is 5.78. The van der Waals surface area contributed by atoms with E-state index in [0.29, 0.717) is 24.0 Å². The Labute approximate surface area is 119 Å². The first kappa shape index (κ1) is 16.3. The molecule has 1 unspecified atom stereocenters. The van der Waals surface area contributed by atoms with Gasteiger partial charge in [-0.1, -0.05) is 27.7 Å². The first-order valence-electron chi connectivity index (χ1n) is 7.76. The zero-order valence-corrected chi connectivity index (χ0v) is 13.4. The highest BCUT2D eigenvalue weighted by Crippen LogP contribution is 2.24. The highest BCUT2D eigenvalue weighted by Gasteiger charge is 2.27. The van der Waals surface area contributed by atoms with E-state index in [1.165, 1.54) is 19.3 Å². The SMILES string of the molecule is CCN(CC)C(CN=C(N)N(C)C1CC1)CC(C)C. The van der Waals surface area contributed by atoms with E-state index in [1.807, 2.05) is 0 Å². The van der Waals surface area contributed by atoms with Gasteiger partial charge in [-0.25, -0.2) is 0 Å². The highest BCUT2D eigenvalue weighted by atomic mass is 15.3. The van der Waals surface area contributed by atoms with Crippen molar-refractivity contribution in [3.8, 4) is 0 Å². The summed E-state index contributed by atoms with van der Waals surface area (Å²) in [6.45, 7) is 12.0. The Morgan fingerprint density at radius 1 is 1.26 bits per heavy atom. The predicted molar refractivity (Wildman–Crippen MR) is 83.4 cm³/mol. The van der Waals surface area contributed by atoms with Crippen LogP contribution in [0.4, 0.5) is 0 Å². The van der Waals surface area contributed by atoms with Gasteiger partial charge in [-0.2, -0.15) is 0 Å². The summed E-state index contributed by atoms with van der Waals surface area (Å²) in [7, 11) is 2.06. The normalized spacial score (nSPS) is 18.2. The first-order valence-corrected chi connectivity index (χ1v) is 7.76. The second kappa shape index (κ2) is 7.73.